The van der Waals surface area contributed by atoms with Gasteiger partial charge in [-0.1, -0.05) is 47.5 Å². The summed E-state index contributed by atoms with van der Waals surface area (Å²) >= 11 is 12.3. The van der Waals surface area contributed by atoms with Crippen molar-refractivity contribution in [2.75, 3.05) is 17.1 Å². The molecule has 0 unspecified atom stereocenters. The SMILES string of the molecule is C[C@@H](C(=O)NC(C)(C)C)N(Cc1ccc(Cl)cc1Cl)C(=O)CN(c1ccccc1)S(C)(=O)=O. The highest BCUT2D eigenvalue weighted by Gasteiger charge is 2.31. The van der Waals surface area contributed by atoms with Crippen LogP contribution in [0.3, 0.4) is 0 Å². The molecule has 0 radical (unpaired) electrons. The zero-order chi connectivity index (χ0) is 25.0. The fourth-order valence-electron chi connectivity index (χ4n) is 3.10. The maximum absolute atomic E-state index is 13.4. The van der Waals surface area contributed by atoms with Crippen LogP contribution in [0.5, 0.6) is 0 Å². The quantitative estimate of drug-likeness (QED) is 0.575. The minimum absolute atomic E-state index is 0.0000430. The van der Waals surface area contributed by atoms with Crippen LogP contribution in [-0.2, 0) is 26.2 Å². The second kappa shape index (κ2) is 10.8. The van der Waals surface area contributed by atoms with E-state index < -0.39 is 34.1 Å². The van der Waals surface area contributed by atoms with Gasteiger partial charge in [-0.3, -0.25) is 13.9 Å². The summed E-state index contributed by atoms with van der Waals surface area (Å²) in [7, 11) is -3.77. The molecule has 180 valence electrons. The Morgan fingerprint density at radius 2 is 1.67 bits per heavy atom. The Labute approximate surface area is 205 Å². The third-order valence-corrected chi connectivity index (χ3v) is 6.47. The fraction of sp³-hybridized carbons (Fsp3) is 0.391. The molecular formula is C23H29Cl2N3O4S. The summed E-state index contributed by atoms with van der Waals surface area (Å²) in [5.74, 6) is -0.918. The minimum atomic E-state index is -3.77. The molecule has 0 heterocycles. The number of nitrogens with one attached hydrogen (secondary N) is 1. The second-order valence-corrected chi connectivity index (χ2v) is 11.5. The van der Waals surface area contributed by atoms with Crippen molar-refractivity contribution in [2.24, 2.45) is 0 Å². The molecule has 2 aromatic carbocycles. The van der Waals surface area contributed by atoms with Gasteiger partial charge < -0.3 is 10.2 Å². The van der Waals surface area contributed by atoms with Crippen LogP contribution in [0.1, 0.15) is 33.3 Å². The van der Waals surface area contributed by atoms with Gasteiger partial charge in [-0.05, 0) is 57.5 Å². The van der Waals surface area contributed by atoms with Crippen molar-refractivity contribution < 1.29 is 18.0 Å². The number of hydrogen-bond acceptors (Lipinski definition) is 4. The molecule has 0 bridgehead atoms. The summed E-state index contributed by atoms with van der Waals surface area (Å²) in [6.07, 6.45) is 1.03. The predicted molar refractivity (Wildman–Crippen MR) is 133 cm³/mol. The highest BCUT2D eigenvalue weighted by atomic mass is 35.5. The van der Waals surface area contributed by atoms with Crippen LogP contribution in [0.2, 0.25) is 10.0 Å². The lowest BCUT2D eigenvalue weighted by atomic mass is 10.1. The molecule has 2 amide bonds. The van der Waals surface area contributed by atoms with Gasteiger partial charge in [0.25, 0.3) is 0 Å². The van der Waals surface area contributed by atoms with Crippen LogP contribution >= 0.6 is 23.2 Å². The second-order valence-electron chi connectivity index (χ2n) is 8.78. The molecule has 0 aliphatic carbocycles. The minimum Gasteiger partial charge on any atom is -0.350 e. The lowest BCUT2D eigenvalue weighted by molar-refractivity contribution is -0.140. The van der Waals surface area contributed by atoms with E-state index in [1.54, 1.807) is 55.5 Å². The highest BCUT2D eigenvalue weighted by molar-refractivity contribution is 7.92. The van der Waals surface area contributed by atoms with E-state index in [4.69, 9.17) is 23.2 Å². The zero-order valence-corrected chi connectivity index (χ0v) is 21.6. The maximum atomic E-state index is 13.4. The summed E-state index contributed by atoms with van der Waals surface area (Å²) in [6.45, 7) is 6.62. The van der Waals surface area contributed by atoms with Gasteiger partial charge in [0, 0.05) is 22.1 Å². The number of halogens is 2. The Kier molecular flexibility index (Phi) is 8.79. The third kappa shape index (κ3) is 7.91. The molecule has 7 nitrogen and oxygen atoms in total. The number of carbonyl (C=O) groups is 2. The van der Waals surface area contributed by atoms with Crippen LogP contribution in [0.15, 0.2) is 48.5 Å². The number of carbonyl (C=O) groups excluding carboxylic acids is 2. The number of hydrogen-bond donors (Lipinski definition) is 1. The molecule has 0 saturated heterocycles. The average molecular weight is 514 g/mol. The monoisotopic (exact) mass is 513 g/mol. The van der Waals surface area contributed by atoms with Gasteiger partial charge in [-0.2, -0.15) is 0 Å². The number of anilines is 1. The first-order valence-corrected chi connectivity index (χ1v) is 12.9. The van der Waals surface area contributed by atoms with Crippen LogP contribution in [-0.4, -0.2) is 49.5 Å². The Morgan fingerprint density at radius 1 is 1.06 bits per heavy atom. The first-order valence-electron chi connectivity index (χ1n) is 10.3. The first-order chi connectivity index (χ1) is 15.2. The lowest BCUT2D eigenvalue weighted by Crippen LogP contribution is -2.54. The van der Waals surface area contributed by atoms with Crippen LogP contribution in [0.4, 0.5) is 5.69 Å². The summed E-state index contributed by atoms with van der Waals surface area (Å²) in [6, 6.07) is 12.3. The largest absolute Gasteiger partial charge is 0.350 e. The molecular weight excluding hydrogens is 485 g/mol. The summed E-state index contributed by atoms with van der Waals surface area (Å²) in [5.41, 5.74) is 0.418. The van der Waals surface area contributed by atoms with Crippen LogP contribution in [0, 0.1) is 0 Å². The smallest absolute Gasteiger partial charge is 0.244 e. The Hall–Kier alpha value is -2.29. The number of nitrogens with zero attached hydrogens (tertiary/aromatic N) is 2. The number of benzene rings is 2. The topological polar surface area (TPSA) is 86.8 Å². The van der Waals surface area contributed by atoms with E-state index in [0.29, 0.717) is 21.3 Å². The lowest BCUT2D eigenvalue weighted by Gasteiger charge is -2.33. The summed E-state index contributed by atoms with van der Waals surface area (Å²) < 4.78 is 26.0. The Bertz CT molecular complexity index is 1100. The maximum Gasteiger partial charge on any atom is 0.244 e. The van der Waals surface area contributed by atoms with E-state index in [-0.39, 0.29) is 12.5 Å². The van der Waals surface area contributed by atoms with Crippen molar-refractivity contribution >= 4 is 50.7 Å². The van der Waals surface area contributed by atoms with Gasteiger partial charge in [-0.25, -0.2) is 8.42 Å². The number of para-hydroxylation sites is 1. The molecule has 0 aromatic heterocycles. The van der Waals surface area contributed by atoms with Crippen LogP contribution in [0.25, 0.3) is 0 Å². The van der Waals surface area contributed by atoms with Crippen molar-refractivity contribution in [3.05, 3.63) is 64.1 Å². The normalized spacial score (nSPS) is 12.7. The van der Waals surface area contributed by atoms with Crippen molar-refractivity contribution in [1.29, 1.82) is 0 Å². The van der Waals surface area contributed by atoms with E-state index in [9.17, 15) is 18.0 Å². The molecule has 0 spiro atoms. The molecule has 10 heteroatoms. The summed E-state index contributed by atoms with van der Waals surface area (Å²) in [4.78, 5) is 27.7. The molecule has 0 aliphatic heterocycles. The van der Waals surface area contributed by atoms with Crippen molar-refractivity contribution in [3.63, 3.8) is 0 Å². The predicted octanol–water partition coefficient (Wildman–Crippen LogP) is 4.09. The number of rotatable bonds is 8. The van der Waals surface area contributed by atoms with E-state index in [2.05, 4.69) is 5.32 Å². The van der Waals surface area contributed by atoms with Gasteiger partial charge in [0.2, 0.25) is 21.8 Å². The van der Waals surface area contributed by atoms with E-state index in [1.165, 1.54) is 4.90 Å². The Balaban J connectivity index is 2.42. The van der Waals surface area contributed by atoms with Crippen LogP contribution < -0.4 is 9.62 Å². The van der Waals surface area contributed by atoms with Gasteiger partial charge >= 0.3 is 0 Å². The highest BCUT2D eigenvalue weighted by Crippen LogP contribution is 2.24. The number of amides is 2. The van der Waals surface area contributed by atoms with E-state index in [0.717, 1.165) is 10.6 Å². The van der Waals surface area contributed by atoms with Gasteiger partial charge in [0.15, 0.2) is 0 Å². The van der Waals surface area contributed by atoms with Gasteiger partial charge in [-0.15, -0.1) is 0 Å². The average Bonchev–Trinajstić information content (AvgIpc) is 2.69. The molecule has 2 rings (SSSR count). The van der Waals surface area contributed by atoms with Gasteiger partial charge in [0.1, 0.15) is 12.6 Å². The van der Waals surface area contributed by atoms with Crippen molar-refractivity contribution in [2.45, 2.75) is 45.8 Å². The first kappa shape index (κ1) is 27.0. The number of sulfonamides is 1. The third-order valence-electron chi connectivity index (χ3n) is 4.74. The molecule has 2 aromatic rings. The zero-order valence-electron chi connectivity index (χ0n) is 19.3. The molecule has 1 atom stereocenters. The molecule has 0 saturated carbocycles. The fourth-order valence-corrected chi connectivity index (χ4v) is 4.42. The summed E-state index contributed by atoms with van der Waals surface area (Å²) in [5, 5.41) is 3.64. The molecule has 1 N–H and O–H groups in total. The molecule has 33 heavy (non-hydrogen) atoms. The molecule has 0 aliphatic rings. The molecule has 0 fully saturated rings. The standard InChI is InChI=1S/C23H29Cl2N3O4S/c1-16(22(30)26-23(2,3)4)27(14-17-11-12-18(24)13-20(17)25)21(29)15-28(33(5,31)32)19-9-7-6-8-10-19/h6-13,16H,14-15H2,1-5H3,(H,26,30)/t16-/m0/s1. The Morgan fingerprint density at radius 3 is 2.18 bits per heavy atom. The van der Waals surface area contributed by atoms with E-state index in [1.807, 2.05) is 20.8 Å². The van der Waals surface area contributed by atoms with Gasteiger partial charge in [0.05, 0.1) is 11.9 Å². The van der Waals surface area contributed by atoms with E-state index >= 15 is 0 Å². The van der Waals surface area contributed by atoms with Crippen molar-refractivity contribution in [3.8, 4) is 0 Å². The van der Waals surface area contributed by atoms with Crippen molar-refractivity contribution in [1.82, 2.24) is 10.2 Å².